The van der Waals surface area contributed by atoms with E-state index in [-0.39, 0.29) is 5.75 Å². The SMILES string of the molecule is Fc1cccc(OCCN2C[C@H]3CC2CO3)c1F. The lowest BCUT2D eigenvalue weighted by Gasteiger charge is -2.26. The van der Waals surface area contributed by atoms with Gasteiger partial charge in [0.05, 0.1) is 12.7 Å². The first-order valence-electron chi connectivity index (χ1n) is 6.16. The Morgan fingerprint density at radius 2 is 2.28 bits per heavy atom. The zero-order valence-electron chi connectivity index (χ0n) is 9.94. The van der Waals surface area contributed by atoms with E-state index in [1.807, 2.05) is 0 Å². The summed E-state index contributed by atoms with van der Waals surface area (Å²) in [5.41, 5.74) is 0. The molecule has 2 aliphatic rings. The quantitative estimate of drug-likeness (QED) is 0.819. The Hall–Kier alpha value is -1.20. The van der Waals surface area contributed by atoms with Crippen LogP contribution < -0.4 is 4.74 Å². The van der Waals surface area contributed by atoms with Crippen LogP contribution in [-0.4, -0.2) is 43.3 Å². The molecule has 3 rings (SSSR count). The predicted molar refractivity (Wildman–Crippen MR) is 61.6 cm³/mol. The van der Waals surface area contributed by atoms with E-state index < -0.39 is 11.6 Å². The lowest BCUT2D eigenvalue weighted by Crippen LogP contribution is -2.39. The van der Waals surface area contributed by atoms with Gasteiger partial charge in [0.2, 0.25) is 5.82 Å². The number of hydrogen-bond donors (Lipinski definition) is 0. The second-order valence-corrected chi connectivity index (χ2v) is 4.74. The summed E-state index contributed by atoms with van der Waals surface area (Å²) in [7, 11) is 0. The Balaban J connectivity index is 1.51. The van der Waals surface area contributed by atoms with Crippen LogP contribution in [0.25, 0.3) is 0 Å². The lowest BCUT2D eigenvalue weighted by molar-refractivity contribution is 0.0256. The molecule has 1 aromatic carbocycles. The zero-order valence-corrected chi connectivity index (χ0v) is 9.94. The van der Waals surface area contributed by atoms with Gasteiger partial charge in [0.15, 0.2) is 11.6 Å². The predicted octanol–water partition coefficient (Wildman–Crippen LogP) is 1.82. The molecule has 2 atom stereocenters. The van der Waals surface area contributed by atoms with Crippen LogP contribution in [0.3, 0.4) is 0 Å². The zero-order chi connectivity index (χ0) is 12.5. The minimum absolute atomic E-state index is 0.0180. The third-order valence-corrected chi connectivity index (χ3v) is 3.57. The van der Waals surface area contributed by atoms with E-state index in [0.29, 0.717) is 18.8 Å². The van der Waals surface area contributed by atoms with Crippen LogP contribution in [0.2, 0.25) is 0 Å². The first-order chi connectivity index (χ1) is 8.74. The molecule has 2 heterocycles. The van der Waals surface area contributed by atoms with Gasteiger partial charge in [-0.15, -0.1) is 0 Å². The molecule has 0 N–H and O–H groups in total. The number of hydrogen-bond acceptors (Lipinski definition) is 3. The summed E-state index contributed by atoms with van der Waals surface area (Å²) >= 11 is 0. The first kappa shape index (κ1) is 11.9. The maximum absolute atomic E-state index is 13.3. The fraction of sp³-hybridized carbons (Fsp3) is 0.538. The van der Waals surface area contributed by atoms with Gasteiger partial charge in [-0.05, 0) is 18.6 Å². The molecule has 0 amide bonds. The van der Waals surface area contributed by atoms with E-state index in [4.69, 9.17) is 9.47 Å². The molecule has 0 aliphatic carbocycles. The number of rotatable bonds is 4. The van der Waals surface area contributed by atoms with Crippen LogP contribution in [0.15, 0.2) is 18.2 Å². The van der Waals surface area contributed by atoms with Crippen molar-refractivity contribution in [1.29, 1.82) is 0 Å². The molecule has 1 aromatic rings. The molecule has 18 heavy (non-hydrogen) atoms. The van der Waals surface area contributed by atoms with Crippen molar-refractivity contribution in [2.24, 2.45) is 0 Å². The van der Waals surface area contributed by atoms with Gasteiger partial charge < -0.3 is 9.47 Å². The van der Waals surface area contributed by atoms with Crippen molar-refractivity contribution < 1.29 is 18.3 Å². The molecule has 0 radical (unpaired) electrons. The minimum atomic E-state index is -0.913. The van der Waals surface area contributed by atoms with Crippen LogP contribution in [-0.2, 0) is 4.74 Å². The second-order valence-electron chi connectivity index (χ2n) is 4.74. The summed E-state index contributed by atoms with van der Waals surface area (Å²) in [6.45, 7) is 2.78. The first-order valence-corrected chi connectivity index (χ1v) is 6.16. The summed E-state index contributed by atoms with van der Waals surface area (Å²) < 4.78 is 37.0. The summed E-state index contributed by atoms with van der Waals surface area (Å²) in [4.78, 5) is 2.28. The van der Waals surface area contributed by atoms with E-state index in [1.54, 1.807) is 0 Å². The number of ether oxygens (including phenoxy) is 2. The van der Waals surface area contributed by atoms with Crippen LogP contribution in [0.4, 0.5) is 8.78 Å². The monoisotopic (exact) mass is 255 g/mol. The standard InChI is InChI=1S/C13H15F2NO2/c14-11-2-1-3-12(13(11)15)17-5-4-16-7-10-6-9(16)8-18-10/h1-3,9-10H,4-8H2/t9?,10-/m1/s1. The van der Waals surface area contributed by atoms with Gasteiger partial charge in [-0.25, -0.2) is 4.39 Å². The highest BCUT2D eigenvalue weighted by Gasteiger charge is 2.38. The van der Waals surface area contributed by atoms with Crippen molar-refractivity contribution in [2.75, 3.05) is 26.3 Å². The summed E-state index contributed by atoms with van der Waals surface area (Å²) in [5, 5.41) is 0. The lowest BCUT2D eigenvalue weighted by atomic mass is 10.2. The van der Waals surface area contributed by atoms with E-state index in [0.717, 1.165) is 32.2 Å². The smallest absolute Gasteiger partial charge is 0.200 e. The topological polar surface area (TPSA) is 21.7 Å². The highest BCUT2D eigenvalue weighted by Crippen LogP contribution is 2.27. The van der Waals surface area contributed by atoms with Crippen molar-refractivity contribution in [2.45, 2.75) is 18.6 Å². The summed E-state index contributed by atoms with van der Waals surface area (Å²) in [5.74, 6) is -1.81. The highest BCUT2D eigenvalue weighted by molar-refractivity contribution is 5.24. The van der Waals surface area contributed by atoms with Crippen LogP contribution >= 0.6 is 0 Å². The normalized spacial score (nSPS) is 26.8. The van der Waals surface area contributed by atoms with Crippen molar-refractivity contribution in [1.82, 2.24) is 4.90 Å². The number of nitrogens with zero attached hydrogens (tertiary/aromatic N) is 1. The molecule has 1 unspecified atom stereocenters. The molecule has 98 valence electrons. The van der Waals surface area contributed by atoms with E-state index in [2.05, 4.69) is 4.90 Å². The van der Waals surface area contributed by atoms with Crippen molar-refractivity contribution in [3.8, 4) is 5.75 Å². The van der Waals surface area contributed by atoms with Gasteiger partial charge in [-0.3, -0.25) is 4.90 Å². The van der Waals surface area contributed by atoms with Gasteiger partial charge in [0, 0.05) is 19.1 Å². The van der Waals surface area contributed by atoms with Crippen molar-refractivity contribution in [3.63, 3.8) is 0 Å². The third kappa shape index (κ3) is 2.20. The van der Waals surface area contributed by atoms with Crippen molar-refractivity contribution >= 4 is 0 Å². The summed E-state index contributed by atoms with van der Waals surface area (Å²) in [6.07, 6.45) is 1.43. The number of likely N-dealkylation sites (tertiary alicyclic amines) is 1. The van der Waals surface area contributed by atoms with E-state index in [9.17, 15) is 8.78 Å². The minimum Gasteiger partial charge on any atom is -0.489 e. The number of morpholine rings is 1. The molecule has 5 heteroatoms. The molecule has 2 bridgehead atoms. The third-order valence-electron chi connectivity index (χ3n) is 3.57. The van der Waals surface area contributed by atoms with Crippen LogP contribution in [0, 0.1) is 11.6 Å². The van der Waals surface area contributed by atoms with Gasteiger partial charge in [0.25, 0.3) is 0 Å². The van der Waals surface area contributed by atoms with E-state index in [1.165, 1.54) is 12.1 Å². The molecule has 0 aromatic heterocycles. The molecule has 2 saturated heterocycles. The average molecular weight is 255 g/mol. The maximum Gasteiger partial charge on any atom is 0.200 e. The number of fused-ring (bicyclic) bond motifs is 2. The molecule has 2 aliphatic heterocycles. The van der Waals surface area contributed by atoms with Crippen molar-refractivity contribution in [3.05, 3.63) is 29.8 Å². The Kier molecular flexibility index (Phi) is 3.18. The number of benzene rings is 1. The Morgan fingerprint density at radius 1 is 1.39 bits per heavy atom. The van der Waals surface area contributed by atoms with Gasteiger partial charge in [-0.2, -0.15) is 4.39 Å². The second kappa shape index (κ2) is 4.82. The molecular formula is C13H15F2NO2. The van der Waals surface area contributed by atoms with Gasteiger partial charge in [0.1, 0.15) is 6.61 Å². The fourth-order valence-electron chi connectivity index (χ4n) is 2.62. The molecule has 2 fully saturated rings. The van der Waals surface area contributed by atoms with Gasteiger partial charge in [-0.1, -0.05) is 6.07 Å². The fourth-order valence-corrected chi connectivity index (χ4v) is 2.62. The highest BCUT2D eigenvalue weighted by atomic mass is 19.2. The average Bonchev–Trinajstić information content (AvgIpc) is 2.97. The largest absolute Gasteiger partial charge is 0.489 e. The maximum atomic E-state index is 13.3. The summed E-state index contributed by atoms with van der Waals surface area (Å²) in [6, 6.07) is 4.44. The molecular weight excluding hydrogens is 240 g/mol. The Labute approximate surface area is 104 Å². The van der Waals surface area contributed by atoms with Crippen LogP contribution in [0.1, 0.15) is 6.42 Å². The Bertz CT molecular complexity index is 441. The van der Waals surface area contributed by atoms with Crippen LogP contribution in [0.5, 0.6) is 5.75 Å². The van der Waals surface area contributed by atoms with Gasteiger partial charge >= 0.3 is 0 Å². The molecule has 0 saturated carbocycles. The Morgan fingerprint density at radius 3 is 3.00 bits per heavy atom. The molecule has 3 nitrogen and oxygen atoms in total. The van der Waals surface area contributed by atoms with E-state index >= 15 is 0 Å². The molecule has 0 spiro atoms. The number of halogens is 2.